The van der Waals surface area contributed by atoms with Gasteiger partial charge >= 0.3 is 0 Å². The Balaban J connectivity index is 1.26. The van der Waals surface area contributed by atoms with Gasteiger partial charge in [0.15, 0.2) is 0 Å². The van der Waals surface area contributed by atoms with Gasteiger partial charge in [-0.05, 0) is 55.9 Å². The molecule has 1 aromatic heterocycles. The van der Waals surface area contributed by atoms with Gasteiger partial charge in [0, 0.05) is 37.4 Å². The van der Waals surface area contributed by atoms with Crippen molar-refractivity contribution in [3.63, 3.8) is 0 Å². The Labute approximate surface area is 171 Å². The molecule has 0 spiro atoms. The number of amides is 1. The van der Waals surface area contributed by atoms with Gasteiger partial charge in [0.25, 0.3) is 5.91 Å². The highest BCUT2D eigenvalue weighted by Gasteiger charge is 2.25. The summed E-state index contributed by atoms with van der Waals surface area (Å²) in [5.74, 6) is 0.337. The third kappa shape index (κ3) is 5.40. The van der Waals surface area contributed by atoms with Crippen LogP contribution in [0.3, 0.4) is 0 Å². The number of rotatable bonds is 5. The van der Waals surface area contributed by atoms with Crippen LogP contribution in [0.4, 0.5) is 4.39 Å². The Kier molecular flexibility index (Phi) is 6.52. The average molecular weight is 397 g/mol. The maximum Gasteiger partial charge on any atom is 0.253 e. The molecule has 154 valence electrons. The van der Waals surface area contributed by atoms with Gasteiger partial charge < -0.3 is 10.1 Å². The van der Waals surface area contributed by atoms with Gasteiger partial charge in [-0.2, -0.15) is 0 Å². The zero-order valence-electron chi connectivity index (χ0n) is 16.6. The van der Waals surface area contributed by atoms with Crippen LogP contribution in [0.2, 0.25) is 0 Å². The fourth-order valence-corrected chi connectivity index (χ4v) is 4.25. The summed E-state index contributed by atoms with van der Waals surface area (Å²) in [6, 6.07) is 10.1. The lowest BCUT2D eigenvalue weighted by molar-refractivity contribution is 0.0270. The molecular formula is C23H28FN3O2. The van der Waals surface area contributed by atoms with Gasteiger partial charge in [0.2, 0.25) is 0 Å². The summed E-state index contributed by atoms with van der Waals surface area (Å²) in [7, 11) is 0. The molecular weight excluding hydrogens is 369 g/mol. The molecule has 5 nitrogen and oxygen atoms in total. The van der Waals surface area contributed by atoms with Crippen molar-refractivity contribution in [2.75, 3.05) is 32.8 Å². The maximum absolute atomic E-state index is 13.4. The van der Waals surface area contributed by atoms with Crippen molar-refractivity contribution in [1.82, 2.24) is 15.2 Å². The molecule has 2 heterocycles. The summed E-state index contributed by atoms with van der Waals surface area (Å²) in [6.45, 7) is 4.91. The predicted octanol–water partition coefficient (Wildman–Crippen LogP) is 3.51. The largest absolute Gasteiger partial charge is 0.379 e. The minimum atomic E-state index is -0.296. The van der Waals surface area contributed by atoms with E-state index in [9.17, 15) is 9.18 Å². The lowest BCUT2D eigenvalue weighted by Crippen LogP contribution is -2.42. The van der Waals surface area contributed by atoms with E-state index in [4.69, 9.17) is 4.74 Å². The van der Waals surface area contributed by atoms with E-state index in [1.807, 2.05) is 0 Å². The Morgan fingerprint density at radius 2 is 1.93 bits per heavy atom. The predicted molar refractivity (Wildman–Crippen MR) is 110 cm³/mol. The fraction of sp³-hybridized carbons (Fsp3) is 0.478. The van der Waals surface area contributed by atoms with Crippen molar-refractivity contribution in [3.8, 4) is 11.3 Å². The minimum Gasteiger partial charge on any atom is -0.379 e. The highest BCUT2D eigenvalue weighted by Crippen LogP contribution is 2.26. The van der Waals surface area contributed by atoms with Crippen molar-refractivity contribution >= 4 is 5.91 Å². The first-order chi connectivity index (χ1) is 14.2. The molecule has 0 radical (unpaired) electrons. The summed E-state index contributed by atoms with van der Waals surface area (Å²) in [5, 5.41) is 3.16. The molecule has 2 aliphatic rings. The number of carbonyl (C=O) groups is 1. The monoisotopic (exact) mass is 397 g/mol. The number of benzene rings is 1. The van der Waals surface area contributed by atoms with Gasteiger partial charge in [-0.15, -0.1) is 0 Å². The molecule has 29 heavy (non-hydrogen) atoms. The third-order valence-electron chi connectivity index (χ3n) is 5.95. The number of hydrogen-bond donors (Lipinski definition) is 1. The standard InChI is InChI=1S/C23H28FN3O2/c24-20-3-1-2-18(14-20)22-9-6-19(15-25-22)23(28)26-21-7-4-17(5-8-21)16-27-10-12-29-13-11-27/h1-3,6,9,14-15,17,21H,4-5,7-8,10-13,16H2,(H,26,28). The van der Waals surface area contributed by atoms with Crippen LogP contribution in [0.5, 0.6) is 0 Å². The molecule has 0 atom stereocenters. The van der Waals surface area contributed by atoms with Crippen LogP contribution in [0.1, 0.15) is 36.0 Å². The number of halogens is 1. The average Bonchev–Trinajstić information content (AvgIpc) is 2.76. The maximum atomic E-state index is 13.4. The zero-order valence-corrected chi connectivity index (χ0v) is 16.6. The van der Waals surface area contributed by atoms with Crippen LogP contribution < -0.4 is 5.32 Å². The molecule has 1 saturated carbocycles. The molecule has 2 fully saturated rings. The second-order valence-electron chi connectivity index (χ2n) is 8.05. The quantitative estimate of drug-likeness (QED) is 0.839. The highest BCUT2D eigenvalue weighted by atomic mass is 19.1. The number of carbonyl (C=O) groups excluding carboxylic acids is 1. The first-order valence-corrected chi connectivity index (χ1v) is 10.5. The fourth-order valence-electron chi connectivity index (χ4n) is 4.25. The van der Waals surface area contributed by atoms with E-state index in [2.05, 4.69) is 15.2 Å². The number of morpholine rings is 1. The number of pyridine rings is 1. The molecule has 1 N–H and O–H groups in total. The summed E-state index contributed by atoms with van der Waals surface area (Å²) < 4.78 is 18.8. The Bertz CT molecular complexity index is 813. The molecule has 1 aliphatic heterocycles. The van der Waals surface area contributed by atoms with E-state index in [1.165, 1.54) is 12.1 Å². The van der Waals surface area contributed by atoms with E-state index >= 15 is 0 Å². The second-order valence-corrected chi connectivity index (χ2v) is 8.05. The first kappa shape index (κ1) is 20.0. The van der Waals surface area contributed by atoms with Crippen molar-refractivity contribution in [2.24, 2.45) is 5.92 Å². The summed E-state index contributed by atoms with van der Waals surface area (Å²) >= 11 is 0. The smallest absolute Gasteiger partial charge is 0.253 e. The highest BCUT2D eigenvalue weighted by molar-refractivity contribution is 5.94. The second kappa shape index (κ2) is 9.46. The molecule has 0 bridgehead atoms. The SMILES string of the molecule is O=C(NC1CCC(CN2CCOCC2)CC1)c1ccc(-c2cccc(F)c2)nc1. The number of ether oxygens (including phenoxy) is 1. The third-order valence-corrected chi connectivity index (χ3v) is 5.95. The Morgan fingerprint density at radius 1 is 1.14 bits per heavy atom. The molecule has 2 aromatic rings. The van der Waals surface area contributed by atoms with Crippen molar-refractivity contribution in [2.45, 2.75) is 31.7 Å². The van der Waals surface area contributed by atoms with Gasteiger partial charge in [-0.25, -0.2) is 4.39 Å². The molecule has 0 unspecified atom stereocenters. The molecule has 1 saturated heterocycles. The first-order valence-electron chi connectivity index (χ1n) is 10.5. The number of aromatic nitrogens is 1. The summed E-state index contributed by atoms with van der Waals surface area (Å²) in [6.07, 6.45) is 5.92. The van der Waals surface area contributed by atoms with E-state index in [0.29, 0.717) is 22.7 Å². The van der Waals surface area contributed by atoms with Crippen LogP contribution in [-0.2, 0) is 4.74 Å². The number of nitrogens with one attached hydrogen (secondary N) is 1. The normalized spacial score (nSPS) is 22.9. The Morgan fingerprint density at radius 3 is 2.62 bits per heavy atom. The lowest BCUT2D eigenvalue weighted by atomic mass is 9.85. The Hall–Kier alpha value is -2.31. The van der Waals surface area contributed by atoms with E-state index in [-0.39, 0.29) is 17.8 Å². The van der Waals surface area contributed by atoms with Crippen molar-refractivity contribution in [3.05, 3.63) is 54.0 Å². The van der Waals surface area contributed by atoms with Crippen molar-refractivity contribution < 1.29 is 13.9 Å². The molecule has 1 amide bonds. The summed E-state index contributed by atoms with van der Waals surface area (Å²) in [4.78, 5) is 19.4. The van der Waals surface area contributed by atoms with Gasteiger partial charge in [-0.3, -0.25) is 14.7 Å². The van der Waals surface area contributed by atoms with Crippen LogP contribution in [0, 0.1) is 11.7 Å². The van der Waals surface area contributed by atoms with E-state index in [0.717, 1.165) is 58.5 Å². The zero-order chi connectivity index (χ0) is 20.1. The van der Waals surface area contributed by atoms with Gasteiger partial charge in [0.05, 0.1) is 24.5 Å². The van der Waals surface area contributed by atoms with Crippen molar-refractivity contribution in [1.29, 1.82) is 0 Å². The van der Waals surface area contributed by atoms with E-state index < -0.39 is 0 Å². The number of hydrogen-bond acceptors (Lipinski definition) is 4. The van der Waals surface area contributed by atoms with Crippen LogP contribution in [0.25, 0.3) is 11.3 Å². The van der Waals surface area contributed by atoms with Gasteiger partial charge in [-0.1, -0.05) is 12.1 Å². The molecule has 4 rings (SSSR count). The molecule has 1 aliphatic carbocycles. The van der Waals surface area contributed by atoms with Crippen LogP contribution >= 0.6 is 0 Å². The topological polar surface area (TPSA) is 54.5 Å². The summed E-state index contributed by atoms with van der Waals surface area (Å²) in [5.41, 5.74) is 1.90. The number of nitrogens with zero attached hydrogens (tertiary/aromatic N) is 2. The van der Waals surface area contributed by atoms with Gasteiger partial charge in [0.1, 0.15) is 5.82 Å². The van der Waals surface area contributed by atoms with Crippen LogP contribution in [0.15, 0.2) is 42.6 Å². The van der Waals surface area contributed by atoms with Crippen LogP contribution in [-0.4, -0.2) is 54.7 Å². The lowest BCUT2D eigenvalue weighted by Gasteiger charge is -2.34. The molecule has 1 aromatic carbocycles. The van der Waals surface area contributed by atoms with E-state index in [1.54, 1.807) is 30.5 Å². The minimum absolute atomic E-state index is 0.0834. The molecule has 6 heteroatoms.